The summed E-state index contributed by atoms with van der Waals surface area (Å²) in [5, 5.41) is 2.80. The Morgan fingerprint density at radius 1 is 1.26 bits per heavy atom. The highest BCUT2D eigenvalue weighted by atomic mass is 32.2. The molecule has 2 aromatic rings. The number of aromatic nitrogens is 1. The molecule has 1 aromatic heterocycles. The van der Waals surface area contributed by atoms with E-state index in [4.69, 9.17) is 0 Å². The Morgan fingerprint density at radius 2 is 1.96 bits per heavy atom. The number of carbonyl (C=O) groups is 1. The van der Waals surface area contributed by atoms with E-state index in [0.717, 1.165) is 9.87 Å². The molecular weight excluding hydrogens is 314 g/mol. The zero-order chi connectivity index (χ0) is 17.2. The lowest BCUT2D eigenvalue weighted by Crippen LogP contribution is -2.25. The first kappa shape index (κ1) is 17.2. The average molecular weight is 335 g/mol. The maximum Gasteiger partial charge on any atom is 0.251 e. The summed E-state index contributed by atoms with van der Waals surface area (Å²) in [5.74, 6) is -0.302. The average Bonchev–Trinajstić information content (AvgIpc) is 2.90. The maximum absolute atomic E-state index is 12.3. The summed E-state index contributed by atoms with van der Waals surface area (Å²) < 4.78 is 27.6. The van der Waals surface area contributed by atoms with Crippen molar-refractivity contribution in [3.8, 4) is 0 Å². The van der Waals surface area contributed by atoms with Gasteiger partial charge in [0, 0.05) is 45.6 Å². The first-order valence-corrected chi connectivity index (χ1v) is 8.58. The lowest BCUT2D eigenvalue weighted by molar-refractivity contribution is 0.0950. The number of hydrogen-bond acceptors (Lipinski definition) is 3. The Kier molecular flexibility index (Phi) is 4.91. The topological polar surface area (TPSA) is 71.4 Å². The van der Waals surface area contributed by atoms with E-state index in [0.29, 0.717) is 17.7 Å². The van der Waals surface area contributed by atoms with Gasteiger partial charge in [-0.05, 0) is 36.2 Å². The molecule has 1 amide bonds. The summed E-state index contributed by atoms with van der Waals surface area (Å²) in [6, 6.07) is 6.61. The number of carbonyl (C=O) groups excluding carboxylic acids is 1. The zero-order valence-electron chi connectivity index (χ0n) is 13.7. The molecule has 0 aliphatic heterocycles. The van der Waals surface area contributed by atoms with Gasteiger partial charge in [0.05, 0.1) is 4.90 Å². The smallest absolute Gasteiger partial charge is 0.251 e. The largest absolute Gasteiger partial charge is 0.357 e. The molecule has 0 fully saturated rings. The van der Waals surface area contributed by atoms with E-state index in [2.05, 4.69) is 5.32 Å². The van der Waals surface area contributed by atoms with Crippen molar-refractivity contribution in [2.45, 2.75) is 18.4 Å². The Bertz CT molecular complexity index is 823. The minimum atomic E-state index is -3.58. The van der Waals surface area contributed by atoms with Gasteiger partial charge < -0.3 is 9.88 Å². The van der Waals surface area contributed by atoms with E-state index in [9.17, 15) is 13.2 Å². The van der Waals surface area contributed by atoms with Crippen LogP contribution in [0.25, 0.3) is 0 Å². The van der Waals surface area contributed by atoms with Crippen molar-refractivity contribution >= 4 is 15.9 Å². The minimum absolute atomic E-state index is 0.148. The van der Waals surface area contributed by atoms with Crippen molar-refractivity contribution in [3.63, 3.8) is 0 Å². The molecule has 0 atom stereocenters. The highest BCUT2D eigenvalue weighted by Crippen LogP contribution is 2.19. The molecule has 0 spiro atoms. The third kappa shape index (κ3) is 3.80. The molecule has 23 heavy (non-hydrogen) atoms. The van der Waals surface area contributed by atoms with Gasteiger partial charge in [-0.2, -0.15) is 0 Å². The number of sulfonamides is 1. The number of hydrogen-bond donors (Lipinski definition) is 1. The molecule has 0 aliphatic rings. The molecule has 0 aliphatic carbocycles. The predicted octanol–water partition coefficient (Wildman–Crippen LogP) is 1.51. The SMILES string of the molecule is Cc1ccc(C(=O)NCc2ccn(C)c2)cc1S(=O)(=O)N(C)C. The first-order chi connectivity index (χ1) is 10.7. The monoisotopic (exact) mass is 335 g/mol. The van der Waals surface area contributed by atoms with Crippen LogP contribution in [0.5, 0.6) is 0 Å². The molecule has 0 bridgehead atoms. The fourth-order valence-electron chi connectivity index (χ4n) is 2.17. The quantitative estimate of drug-likeness (QED) is 0.900. The van der Waals surface area contributed by atoms with E-state index < -0.39 is 10.0 Å². The normalized spacial score (nSPS) is 11.7. The van der Waals surface area contributed by atoms with Crippen molar-refractivity contribution < 1.29 is 13.2 Å². The van der Waals surface area contributed by atoms with Crippen LogP contribution in [0.15, 0.2) is 41.6 Å². The van der Waals surface area contributed by atoms with Gasteiger partial charge >= 0.3 is 0 Å². The predicted molar refractivity (Wildman–Crippen MR) is 88.6 cm³/mol. The van der Waals surface area contributed by atoms with Crippen LogP contribution in [0, 0.1) is 6.92 Å². The Hall–Kier alpha value is -2.12. The Balaban J connectivity index is 2.21. The maximum atomic E-state index is 12.3. The molecule has 0 saturated carbocycles. The Morgan fingerprint density at radius 3 is 2.52 bits per heavy atom. The highest BCUT2D eigenvalue weighted by molar-refractivity contribution is 7.89. The number of aryl methyl sites for hydroxylation is 2. The Labute approximate surface area is 136 Å². The van der Waals surface area contributed by atoms with Crippen molar-refractivity contribution in [3.05, 3.63) is 53.3 Å². The number of rotatable bonds is 5. The van der Waals surface area contributed by atoms with Crippen LogP contribution in [0.1, 0.15) is 21.5 Å². The van der Waals surface area contributed by atoms with Gasteiger partial charge in [0.1, 0.15) is 0 Å². The van der Waals surface area contributed by atoms with Crippen molar-refractivity contribution in [2.24, 2.45) is 7.05 Å². The molecule has 0 unspecified atom stereocenters. The van der Waals surface area contributed by atoms with Gasteiger partial charge in [-0.15, -0.1) is 0 Å². The van der Waals surface area contributed by atoms with Crippen LogP contribution < -0.4 is 5.32 Å². The fourth-order valence-corrected chi connectivity index (χ4v) is 3.31. The number of benzene rings is 1. The van der Waals surface area contributed by atoms with Crippen LogP contribution >= 0.6 is 0 Å². The standard InChI is InChI=1S/C16H21N3O3S/c1-12-5-6-14(9-15(12)23(21,22)18(2)3)16(20)17-10-13-7-8-19(4)11-13/h5-9,11H,10H2,1-4H3,(H,17,20). The van der Waals surface area contributed by atoms with Crippen LogP contribution in [-0.4, -0.2) is 37.3 Å². The van der Waals surface area contributed by atoms with Gasteiger partial charge in [-0.3, -0.25) is 4.79 Å². The van der Waals surface area contributed by atoms with E-state index >= 15 is 0 Å². The summed E-state index contributed by atoms with van der Waals surface area (Å²) in [5.41, 5.74) is 1.92. The van der Waals surface area contributed by atoms with Crippen LogP contribution in [0.4, 0.5) is 0 Å². The molecule has 6 nitrogen and oxygen atoms in total. The highest BCUT2D eigenvalue weighted by Gasteiger charge is 2.21. The van der Waals surface area contributed by atoms with Crippen molar-refractivity contribution in [1.29, 1.82) is 0 Å². The van der Waals surface area contributed by atoms with Crippen LogP contribution in [0.3, 0.4) is 0 Å². The number of amides is 1. The summed E-state index contributed by atoms with van der Waals surface area (Å²) in [4.78, 5) is 12.4. The van der Waals surface area contributed by atoms with Gasteiger partial charge in [0.25, 0.3) is 5.91 Å². The first-order valence-electron chi connectivity index (χ1n) is 7.14. The summed E-state index contributed by atoms with van der Waals surface area (Å²) >= 11 is 0. The van der Waals surface area contributed by atoms with Crippen LogP contribution in [-0.2, 0) is 23.6 Å². The van der Waals surface area contributed by atoms with Gasteiger partial charge in [-0.25, -0.2) is 12.7 Å². The molecule has 124 valence electrons. The summed E-state index contributed by atoms with van der Waals surface area (Å²) in [6.45, 7) is 2.10. The third-order valence-corrected chi connectivity index (χ3v) is 5.51. The van der Waals surface area contributed by atoms with Crippen molar-refractivity contribution in [2.75, 3.05) is 14.1 Å². The summed E-state index contributed by atoms with van der Waals surface area (Å²) in [7, 11) is 1.27. The summed E-state index contributed by atoms with van der Waals surface area (Å²) in [6.07, 6.45) is 3.81. The number of nitrogens with zero attached hydrogens (tertiary/aromatic N) is 2. The van der Waals surface area contributed by atoms with Crippen LogP contribution in [0.2, 0.25) is 0 Å². The van der Waals surface area contributed by atoms with E-state index in [-0.39, 0.29) is 10.8 Å². The molecule has 7 heteroatoms. The second kappa shape index (κ2) is 6.55. The molecular formula is C16H21N3O3S. The number of nitrogens with one attached hydrogen (secondary N) is 1. The third-order valence-electron chi connectivity index (χ3n) is 3.56. The molecule has 0 radical (unpaired) electrons. The minimum Gasteiger partial charge on any atom is -0.357 e. The molecule has 1 N–H and O–H groups in total. The van der Waals surface area contributed by atoms with E-state index in [1.807, 2.05) is 30.1 Å². The fraction of sp³-hybridized carbons (Fsp3) is 0.312. The lowest BCUT2D eigenvalue weighted by Gasteiger charge is -2.14. The molecule has 2 rings (SSSR count). The second-order valence-corrected chi connectivity index (χ2v) is 7.76. The lowest BCUT2D eigenvalue weighted by atomic mass is 10.1. The second-order valence-electron chi connectivity index (χ2n) is 5.64. The molecule has 1 heterocycles. The molecule has 1 aromatic carbocycles. The van der Waals surface area contributed by atoms with Gasteiger partial charge in [0.15, 0.2) is 0 Å². The van der Waals surface area contributed by atoms with Gasteiger partial charge in [0.2, 0.25) is 10.0 Å². The van der Waals surface area contributed by atoms with Crippen molar-refractivity contribution in [1.82, 2.24) is 14.2 Å². The van der Waals surface area contributed by atoms with E-state index in [1.165, 1.54) is 20.2 Å². The zero-order valence-corrected chi connectivity index (χ0v) is 14.5. The van der Waals surface area contributed by atoms with E-state index in [1.54, 1.807) is 19.1 Å². The molecule has 0 saturated heterocycles. The van der Waals surface area contributed by atoms with Gasteiger partial charge in [-0.1, -0.05) is 6.07 Å².